The summed E-state index contributed by atoms with van der Waals surface area (Å²) < 4.78 is 10.6. The van der Waals surface area contributed by atoms with Gasteiger partial charge in [-0.1, -0.05) is 0 Å². The van der Waals surface area contributed by atoms with Gasteiger partial charge in [-0.2, -0.15) is 0 Å². The minimum atomic E-state index is -0.522. The molecule has 1 fully saturated rings. The first-order valence-corrected chi connectivity index (χ1v) is 7.64. The summed E-state index contributed by atoms with van der Waals surface area (Å²) in [6, 6.07) is 5.64. The van der Waals surface area contributed by atoms with Gasteiger partial charge < -0.3 is 15.2 Å². The SMILES string of the molecule is COc1ccc(NC(=O)OC(C)(C)C)c(CC2(CN)CC2)c1. The van der Waals surface area contributed by atoms with E-state index in [9.17, 15) is 4.79 Å². The van der Waals surface area contributed by atoms with Crippen molar-refractivity contribution in [1.82, 2.24) is 0 Å². The zero-order valence-electron chi connectivity index (χ0n) is 13.9. The maximum atomic E-state index is 12.0. The maximum Gasteiger partial charge on any atom is 0.412 e. The molecule has 0 atom stereocenters. The van der Waals surface area contributed by atoms with Gasteiger partial charge in [-0.25, -0.2) is 4.79 Å². The van der Waals surface area contributed by atoms with Gasteiger partial charge in [0.05, 0.1) is 7.11 Å². The Balaban J connectivity index is 2.17. The molecule has 1 aromatic carbocycles. The topological polar surface area (TPSA) is 73.6 Å². The highest BCUT2D eigenvalue weighted by molar-refractivity contribution is 5.86. The lowest BCUT2D eigenvalue weighted by Crippen LogP contribution is -2.28. The molecule has 0 aliphatic heterocycles. The normalized spacial score (nSPS) is 16.0. The molecule has 122 valence electrons. The zero-order chi connectivity index (χ0) is 16.4. The summed E-state index contributed by atoms with van der Waals surface area (Å²) >= 11 is 0. The number of nitrogens with two attached hydrogens (primary N) is 1. The van der Waals surface area contributed by atoms with Crippen LogP contribution in [0.2, 0.25) is 0 Å². The third kappa shape index (κ3) is 4.37. The van der Waals surface area contributed by atoms with Crippen LogP contribution in [0.4, 0.5) is 10.5 Å². The Kier molecular flexibility index (Phi) is 4.66. The van der Waals surface area contributed by atoms with Crippen LogP contribution in [0.15, 0.2) is 18.2 Å². The van der Waals surface area contributed by atoms with Crippen LogP contribution in [-0.2, 0) is 11.2 Å². The van der Waals surface area contributed by atoms with Crippen LogP contribution in [-0.4, -0.2) is 25.3 Å². The van der Waals surface area contributed by atoms with Gasteiger partial charge in [-0.3, -0.25) is 5.32 Å². The van der Waals surface area contributed by atoms with Crippen molar-refractivity contribution in [2.45, 2.75) is 45.6 Å². The summed E-state index contributed by atoms with van der Waals surface area (Å²) in [5.41, 5.74) is 7.33. The summed E-state index contributed by atoms with van der Waals surface area (Å²) in [4.78, 5) is 12.0. The van der Waals surface area contributed by atoms with Crippen LogP contribution in [0, 0.1) is 5.41 Å². The number of rotatable bonds is 5. The minimum absolute atomic E-state index is 0.177. The predicted octanol–water partition coefficient (Wildman–Crippen LogP) is 3.32. The zero-order valence-corrected chi connectivity index (χ0v) is 13.9. The van der Waals surface area contributed by atoms with E-state index in [-0.39, 0.29) is 5.41 Å². The van der Waals surface area contributed by atoms with Crippen molar-refractivity contribution in [3.05, 3.63) is 23.8 Å². The minimum Gasteiger partial charge on any atom is -0.497 e. The molecule has 5 heteroatoms. The molecule has 3 N–H and O–H groups in total. The Hall–Kier alpha value is -1.75. The second kappa shape index (κ2) is 6.16. The molecule has 22 heavy (non-hydrogen) atoms. The number of carbonyl (C=O) groups is 1. The molecule has 1 amide bonds. The average molecular weight is 306 g/mol. The lowest BCUT2D eigenvalue weighted by atomic mass is 9.95. The fraction of sp³-hybridized carbons (Fsp3) is 0.588. The van der Waals surface area contributed by atoms with E-state index < -0.39 is 11.7 Å². The summed E-state index contributed by atoms with van der Waals surface area (Å²) in [6.07, 6.45) is 2.65. The molecule has 0 radical (unpaired) electrons. The predicted molar refractivity (Wildman–Crippen MR) is 87.3 cm³/mol. The third-order valence-electron chi connectivity index (χ3n) is 3.90. The molecule has 5 nitrogen and oxygen atoms in total. The van der Waals surface area contributed by atoms with Crippen molar-refractivity contribution >= 4 is 11.8 Å². The van der Waals surface area contributed by atoms with Gasteiger partial charge in [-0.05, 0) is 75.8 Å². The van der Waals surface area contributed by atoms with Crippen LogP contribution in [0.25, 0.3) is 0 Å². The molecule has 0 aromatic heterocycles. The quantitative estimate of drug-likeness (QED) is 0.875. The molecule has 1 saturated carbocycles. The Morgan fingerprint density at radius 3 is 2.55 bits per heavy atom. The molecule has 0 heterocycles. The largest absolute Gasteiger partial charge is 0.497 e. The highest BCUT2D eigenvalue weighted by atomic mass is 16.6. The number of benzene rings is 1. The number of amides is 1. The van der Waals surface area contributed by atoms with Crippen LogP contribution in [0.5, 0.6) is 5.75 Å². The van der Waals surface area contributed by atoms with Gasteiger partial charge >= 0.3 is 6.09 Å². The maximum absolute atomic E-state index is 12.0. The molecule has 0 bridgehead atoms. The summed E-state index contributed by atoms with van der Waals surface area (Å²) in [5.74, 6) is 0.776. The number of nitrogens with one attached hydrogen (secondary N) is 1. The van der Waals surface area contributed by atoms with Crippen molar-refractivity contribution < 1.29 is 14.3 Å². The van der Waals surface area contributed by atoms with E-state index in [1.165, 1.54) is 0 Å². The van der Waals surface area contributed by atoms with Crippen LogP contribution in [0.3, 0.4) is 0 Å². The van der Waals surface area contributed by atoms with E-state index in [0.29, 0.717) is 6.54 Å². The van der Waals surface area contributed by atoms with E-state index in [1.54, 1.807) is 7.11 Å². The molecule has 1 aromatic rings. The standard InChI is InChI=1S/C17H26N2O3/c1-16(2,3)22-15(20)19-14-6-5-13(21-4)9-12(14)10-17(11-18)7-8-17/h5-6,9H,7-8,10-11,18H2,1-4H3,(H,19,20). The molecule has 1 aliphatic carbocycles. The Labute approximate surface area is 132 Å². The van der Waals surface area contributed by atoms with E-state index in [1.807, 2.05) is 39.0 Å². The van der Waals surface area contributed by atoms with Gasteiger partial charge in [0.2, 0.25) is 0 Å². The first kappa shape index (κ1) is 16.6. The third-order valence-corrected chi connectivity index (χ3v) is 3.90. The van der Waals surface area contributed by atoms with E-state index in [4.69, 9.17) is 15.2 Å². The second-order valence-electron chi connectivity index (χ2n) is 7.03. The molecular formula is C17H26N2O3. The van der Waals surface area contributed by atoms with Gasteiger partial charge in [-0.15, -0.1) is 0 Å². The number of hydrogen-bond acceptors (Lipinski definition) is 4. The lowest BCUT2D eigenvalue weighted by Gasteiger charge is -2.21. The molecular weight excluding hydrogens is 280 g/mol. The van der Waals surface area contributed by atoms with Gasteiger partial charge in [0.15, 0.2) is 0 Å². The monoisotopic (exact) mass is 306 g/mol. The number of hydrogen-bond donors (Lipinski definition) is 2. The second-order valence-corrected chi connectivity index (χ2v) is 7.03. The van der Waals surface area contributed by atoms with Crippen molar-refractivity contribution in [3.8, 4) is 5.75 Å². The van der Waals surface area contributed by atoms with Crippen molar-refractivity contribution in [2.75, 3.05) is 19.0 Å². The van der Waals surface area contributed by atoms with E-state index in [2.05, 4.69) is 5.32 Å². The van der Waals surface area contributed by atoms with Crippen molar-refractivity contribution in [3.63, 3.8) is 0 Å². The number of methoxy groups -OCH3 is 1. The highest BCUT2D eigenvalue weighted by Crippen LogP contribution is 2.48. The van der Waals surface area contributed by atoms with Crippen LogP contribution < -0.4 is 15.8 Å². The fourth-order valence-electron chi connectivity index (χ4n) is 2.41. The number of ether oxygens (including phenoxy) is 2. The van der Waals surface area contributed by atoms with Crippen LogP contribution in [0.1, 0.15) is 39.2 Å². The van der Waals surface area contributed by atoms with Crippen LogP contribution >= 0.6 is 0 Å². The van der Waals surface area contributed by atoms with Gasteiger partial charge in [0, 0.05) is 5.69 Å². The summed E-state index contributed by atoms with van der Waals surface area (Å²) in [6.45, 7) is 6.19. The molecule has 0 spiro atoms. The number of carbonyl (C=O) groups excluding carboxylic acids is 1. The Bertz CT molecular complexity index is 545. The number of anilines is 1. The molecule has 0 saturated heterocycles. The molecule has 2 rings (SSSR count). The van der Waals surface area contributed by atoms with Gasteiger partial charge in [0.1, 0.15) is 11.4 Å². The summed E-state index contributed by atoms with van der Waals surface area (Å²) in [5, 5.41) is 2.84. The smallest absolute Gasteiger partial charge is 0.412 e. The van der Waals surface area contributed by atoms with E-state index >= 15 is 0 Å². The first-order valence-electron chi connectivity index (χ1n) is 7.64. The first-order chi connectivity index (χ1) is 10.3. The lowest BCUT2D eigenvalue weighted by molar-refractivity contribution is 0.0635. The Morgan fingerprint density at radius 1 is 1.36 bits per heavy atom. The Morgan fingerprint density at radius 2 is 2.05 bits per heavy atom. The average Bonchev–Trinajstić information content (AvgIpc) is 3.19. The molecule has 1 aliphatic rings. The van der Waals surface area contributed by atoms with Gasteiger partial charge in [0.25, 0.3) is 0 Å². The fourth-order valence-corrected chi connectivity index (χ4v) is 2.41. The van der Waals surface area contributed by atoms with Crippen molar-refractivity contribution in [2.24, 2.45) is 11.1 Å². The highest BCUT2D eigenvalue weighted by Gasteiger charge is 2.41. The summed E-state index contributed by atoms with van der Waals surface area (Å²) in [7, 11) is 1.63. The van der Waals surface area contributed by atoms with Crippen molar-refractivity contribution in [1.29, 1.82) is 0 Å². The van der Waals surface area contributed by atoms with E-state index in [0.717, 1.165) is 36.3 Å². The molecule has 0 unspecified atom stereocenters.